The van der Waals surface area contributed by atoms with Crippen molar-refractivity contribution >= 4 is 46.6 Å². The monoisotopic (exact) mass is 468 g/mol. The predicted octanol–water partition coefficient (Wildman–Crippen LogP) is 4.60. The van der Waals surface area contributed by atoms with Crippen molar-refractivity contribution in [3.05, 3.63) is 82.0 Å². The fourth-order valence-corrected chi connectivity index (χ4v) is 4.38. The molecule has 0 saturated carbocycles. The van der Waals surface area contributed by atoms with Crippen LogP contribution in [0.4, 0.5) is 5.69 Å². The summed E-state index contributed by atoms with van der Waals surface area (Å²) in [4.78, 5) is 40.3. The molecule has 0 radical (unpaired) electrons. The maximum Gasteiger partial charge on any atom is 0.339 e. The van der Waals surface area contributed by atoms with E-state index in [9.17, 15) is 14.4 Å². The first-order chi connectivity index (χ1) is 15.4. The van der Waals surface area contributed by atoms with Crippen LogP contribution in [0.25, 0.3) is 0 Å². The zero-order chi connectivity index (χ0) is 22.9. The third-order valence-electron chi connectivity index (χ3n) is 4.53. The van der Waals surface area contributed by atoms with E-state index in [0.29, 0.717) is 17.0 Å². The van der Waals surface area contributed by atoms with E-state index in [0.717, 1.165) is 16.1 Å². The standard InChI is InChI=1S/C24H24N2O4S2/c1-17-9-11-18(12-10-17)25-22(27)16-32-21-8-4-3-7-20(21)24(29)30-15-23(28)26(2)14-19-6-5-13-31-19/h3-13H,14-16H2,1-2H3,(H,25,27). The molecule has 0 atom stereocenters. The van der Waals surface area contributed by atoms with Crippen LogP contribution >= 0.6 is 23.1 Å². The van der Waals surface area contributed by atoms with Gasteiger partial charge in [-0.2, -0.15) is 0 Å². The number of hydrogen-bond acceptors (Lipinski definition) is 6. The first kappa shape index (κ1) is 23.6. The van der Waals surface area contributed by atoms with Crippen molar-refractivity contribution in [2.45, 2.75) is 18.4 Å². The molecule has 6 nitrogen and oxygen atoms in total. The van der Waals surface area contributed by atoms with Crippen molar-refractivity contribution in [1.82, 2.24) is 4.90 Å². The highest BCUT2D eigenvalue weighted by atomic mass is 32.2. The number of hydrogen-bond donors (Lipinski definition) is 1. The second-order valence-electron chi connectivity index (χ2n) is 7.10. The summed E-state index contributed by atoms with van der Waals surface area (Å²) >= 11 is 2.81. The van der Waals surface area contributed by atoms with Gasteiger partial charge in [0.2, 0.25) is 5.91 Å². The van der Waals surface area contributed by atoms with Gasteiger partial charge in [-0.25, -0.2) is 4.79 Å². The lowest BCUT2D eigenvalue weighted by Gasteiger charge is -2.16. The second-order valence-corrected chi connectivity index (χ2v) is 9.15. The molecule has 2 amide bonds. The van der Waals surface area contributed by atoms with Crippen LogP contribution in [0.1, 0.15) is 20.8 Å². The number of esters is 1. The van der Waals surface area contributed by atoms with Crippen LogP contribution < -0.4 is 5.32 Å². The number of likely N-dealkylation sites (N-methyl/N-ethyl adjacent to an activating group) is 1. The Labute approximate surface area is 195 Å². The lowest BCUT2D eigenvalue weighted by atomic mass is 10.2. The smallest absolute Gasteiger partial charge is 0.339 e. The van der Waals surface area contributed by atoms with Crippen LogP contribution in [0.15, 0.2) is 70.9 Å². The molecule has 3 aromatic rings. The number of thiophene rings is 1. The predicted molar refractivity (Wildman–Crippen MR) is 128 cm³/mol. The zero-order valence-electron chi connectivity index (χ0n) is 17.9. The number of amides is 2. The van der Waals surface area contributed by atoms with E-state index in [1.807, 2.05) is 48.7 Å². The summed E-state index contributed by atoms with van der Waals surface area (Å²) in [6.07, 6.45) is 0. The van der Waals surface area contributed by atoms with Gasteiger partial charge in [0.1, 0.15) is 0 Å². The molecule has 2 aromatic carbocycles. The molecule has 0 spiro atoms. The number of carbonyl (C=O) groups excluding carboxylic acids is 3. The number of ether oxygens (including phenoxy) is 1. The molecule has 166 valence electrons. The molecule has 1 N–H and O–H groups in total. The topological polar surface area (TPSA) is 75.7 Å². The van der Waals surface area contributed by atoms with Crippen molar-refractivity contribution in [3.8, 4) is 0 Å². The Hall–Kier alpha value is -3.10. The Morgan fingerprint density at radius 1 is 1.03 bits per heavy atom. The van der Waals surface area contributed by atoms with Gasteiger partial charge < -0.3 is 15.0 Å². The van der Waals surface area contributed by atoms with Gasteiger partial charge in [0, 0.05) is 22.5 Å². The fourth-order valence-electron chi connectivity index (χ4n) is 2.78. The van der Waals surface area contributed by atoms with Crippen LogP contribution in [-0.2, 0) is 20.9 Å². The van der Waals surface area contributed by atoms with Gasteiger partial charge in [0.25, 0.3) is 5.91 Å². The summed E-state index contributed by atoms with van der Waals surface area (Å²) < 4.78 is 5.24. The summed E-state index contributed by atoms with van der Waals surface area (Å²) in [7, 11) is 1.67. The molecule has 0 aliphatic heterocycles. The van der Waals surface area contributed by atoms with Crippen LogP contribution in [0, 0.1) is 6.92 Å². The lowest BCUT2D eigenvalue weighted by Crippen LogP contribution is -2.30. The van der Waals surface area contributed by atoms with Crippen LogP contribution in [0.3, 0.4) is 0 Å². The van der Waals surface area contributed by atoms with Crippen molar-refractivity contribution < 1.29 is 19.1 Å². The molecule has 0 aliphatic rings. The number of nitrogens with zero attached hydrogens (tertiary/aromatic N) is 1. The Bertz CT molecular complexity index is 1070. The number of anilines is 1. The Morgan fingerprint density at radius 3 is 2.50 bits per heavy atom. The number of rotatable bonds is 9. The first-order valence-electron chi connectivity index (χ1n) is 9.94. The molecule has 32 heavy (non-hydrogen) atoms. The van der Waals surface area contributed by atoms with Gasteiger partial charge in [0.15, 0.2) is 6.61 Å². The molecule has 0 saturated heterocycles. The van der Waals surface area contributed by atoms with E-state index in [4.69, 9.17) is 4.74 Å². The largest absolute Gasteiger partial charge is 0.452 e. The van der Waals surface area contributed by atoms with Crippen molar-refractivity contribution in [2.75, 3.05) is 24.7 Å². The lowest BCUT2D eigenvalue weighted by molar-refractivity contribution is -0.133. The van der Waals surface area contributed by atoms with E-state index in [2.05, 4.69) is 5.32 Å². The number of aryl methyl sites for hydroxylation is 1. The number of nitrogens with one attached hydrogen (secondary N) is 1. The van der Waals surface area contributed by atoms with E-state index in [-0.39, 0.29) is 24.2 Å². The maximum atomic E-state index is 12.6. The molecule has 0 bridgehead atoms. The van der Waals surface area contributed by atoms with Gasteiger partial charge in [-0.1, -0.05) is 35.9 Å². The highest BCUT2D eigenvalue weighted by Crippen LogP contribution is 2.24. The molecule has 0 unspecified atom stereocenters. The third-order valence-corrected chi connectivity index (χ3v) is 6.46. The van der Waals surface area contributed by atoms with Crippen LogP contribution in [0.5, 0.6) is 0 Å². The highest BCUT2D eigenvalue weighted by molar-refractivity contribution is 8.00. The van der Waals surface area contributed by atoms with Gasteiger partial charge in [-0.15, -0.1) is 23.1 Å². The van der Waals surface area contributed by atoms with Gasteiger partial charge in [0.05, 0.1) is 17.9 Å². The molecule has 1 heterocycles. The van der Waals surface area contributed by atoms with Crippen LogP contribution in [-0.4, -0.2) is 42.1 Å². The Kier molecular flexibility index (Phi) is 8.47. The normalized spacial score (nSPS) is 10.4. The van der Waals surface area contributed by atoms with Crippen molar-refractivity contribution in [1.29, 1.82) is 0 Å². The Balaban J connectivity index is 1.52. The molecule has 1 aromatic heterocycles. The van der Waals surface area contributed by atoms with Crippen LogP contribution in [0.2, 0.25) is 0 Å². The fraction of sp³-hybridized carbons (Fsp3) is 0.208. The summed E-state index contributed by atoms with van der Waals surface area (Å²) in [6, 6.07) is 18.3. The number of carbonyl (C=O) groups is 3. The van der Waals surface area contributed by atoms with E-state index >= 15 is 0 Å². The summed E-state index contributed by atoms with van der Waals surface area (Å²) in [5.41, 5.74) is 2.16. The zero-order valence-corrected chi connectivity index (χ0v) is 19.5. The minimum atomic E-state index is -0.593. The number of benzene rings is 2. The molecular weight excluding hydrogens is 444 g/mol. The van der Waals surface area contributed by atoms with Gasteiger partial charge in [-0.05, 0) is 42.6 Å². The maximum absolute atomic E-state index is 12.6. The molecule has 0 aliphatic carbocycles. The third kappa shape index (κ3) is 6.96. The minimum absolute atomic E-state index is 0.140. The summed E-state index contributed by atoms with van der Waals surface area (Å²) in [5.74, 6) is -0.910. The number of thioether (sulfide) groups is 1. The quantitative estimate of drug-likeness (QED) is 0.367. The SMILES string of the molecule is Cc1ccc(NC(=O)CSc2ccccc2C(=O)OCC(=O)N(C)Cc2cccs2)cc1. The first-order valence-corrected chi connectivity index (χ1v) is 11.8. The molecule has 8 heteroatoms. The molecular formula is C24H24N2O4S2. The Morgan fingerprint density at radius 2 is 1.78 bits per heavy atom. The van der Waals surface area contributed by atoms with E-state index < -0.39 is 5.97 Å². The average Bonchev–Trinajstić information content (AvgIpc) is 3.30. The second kappa shape index (κ2) is 11.5. The molecule has 0 fully saturated rings. The highest BCUT2D eigenvalue weighted by Gasteiger charge is 2.17. The van der Waals surface area contributed by atoms with Crippen molar-refractivity contribution in [2.24, 2.45) is 0 Å². The van der Waals surface area contributed by atoms with E-state index in [1.54, 1.807) is 42.6 Å². The van der Waals surface area contributed by atoms with Gasteiger partial charge >= 0.3 is 5.97 Å². The average molecular weight is 469 g/mol. The summed E-state index contributed by atoms with van der Waals surface area (Å²) in [5, 5.41) is 4.78. The summed E-state index contributed by atoms with van der Waals surface area (Å²) in [6.45, 7) is 2.11. The van der Waals surface area contributed by atoms with Gasteiger partial charge in [-0.3, -0.25) is 9.59 Å². The van der Waals surface area contributed by atoms with Crippen molar-refractivity contribution in [3.63, 3.8) is 0 Å². The molecule has 3 rings (SSSR count). The van der Waals surface area contributed by atoms with E-state index in [1.165, 1.54) is 16.7 Å². The minimum Gasteiger partial charge on any atom is -0.452 e.